The summed E-state index contributed by atoms with van der Waals surface area (Å²) in [5, 5.41) is 2.51. The Bertz CT molecular complexity index is 1140. The van der Waals surface area contributed by atoms with E-state index in [0.717, 1.165) is 12.0 Å². The van der Waals surface area contributed by atoms with Gasteiger partial charge in [-0.15, -0.1) is 0 Å². The van der Waals surface area contributed by atoms with Crippen LogP contribution >= 0.6 is 28.1 Å². The number of benzene rings is 3. The third-order valence-corrected chi connectivity index (χ3v) is 5.58. The topological polar surface area (TPSA) is 88.7 Å². The van der Waals surface area contributed by atoms with Crippen molar-refractivity contribution in [1.82, 2.24) is 16.2 Å². The van der Waals surface area contributed by atoms with E-state index in [-0.39, 0.29) is 17.4 Å². The van der Waals surface area contributed by atoms with Gasteiger partial charge in [-0.1, -0.05) is 42.5 Å². The minimum absolute atomic E-state index is 0.0209. The van der Waals surface area contributed by atoms with E-state index in [1.54, 1.807) is 49.6 Å². The molecule has 0 saturated heterocycles. The summed E-state index contributed by atoms with van der Waals surface area (Å²) in [6, 6.07) is 22.2. The van der Waals surface area contributed by atoms with E-state index in [1.165, 1.54) is 5.56 Å². The predicted molar refractivity (Wildman–Crippen MR) is 138 cm³/mol. The van der Waals surface area contributed by atoms with Crippen LogP contribution in [-0.4, -0.2) is 30.6 Å². The largest absolute Gasteiger partial charge is 0.497 e. The zero-order valence-electron chi connectivity index (χ0n) is 18.5. The number of hydrogen-bond acceptors (Lipinski definition) is 5. The van der Waals surface area contributed by atoms with Crippen LogP contribution in [0.3, 0.4) is 0 Å². The quantitative estimate of drug-likeness (QED) is 0.295. The Morgan fingerprint density at radius 3 is 2.35 bits per heavy atom. The van der Waals surface area contributed by atoms with Crippen LogP contribution in [0.1, 0.15) is 21.5 Å². The monoisotopic (exact) mass is 541 g/mol. The van der Waals surface area contributed by atoms with Crippen LogP contribution < -0.4 is 25.6 Å². The average molecular weight is 542 g/mol. The molecule has 9 heteroatoms. The molecule has 0 bridgehead atoms. The third kappa shape index (κ3) is 7.86. The molecule has 7 nitrogen and oxygen atoms in total. The molecule has 0 aliphatic carbocycles. The maximum Gasteiger partial charge on any atom is 0.257 e. The molecule has 0 spiro atoms. The molecule has 0 radical (unpaired) electrons. The number of carbonyl (C=O) groups is 2. The molecule has 3 aromatic rings. The lowest BCUT2D eigenvalue weighted by Gasteiger charge is -2.12. The van der Waals surface area contributed by atoms with Gasteiger partial charge in [-0.2, -0.15) is 0 Å². The lowest BCUT2D eigenvalue weighted by molar-refractivity contribution is -0.121. The van der Waals surface area contributed by atoms with E-state index in [2.05, 4.69) is 32.1 Å². The van der Waals surface area contributed by atoms with Crippen molar-refractivity contribution in [2.75, 3.05) is 13.7 Å². The molecule has 0 aliphatic rings. The fourth-order valence-corrected chi connectivity index (χ4v) is 3.63. The fraction of sp³-hybridized carbons (Fsp3) is 0.160. The first-order chi connectivity index (χ1) is 16.4. The van der Waals surface area contributed by atoms with Crippen molar-refractivity contribution >= 4 is 45.1 Å². The Morgan fingerprint density at radius 1 is 0.941 bits per heavy atom. The molecule has 0 aliphatic heterocycles. The third-order valence-electron chi connectivity index (χ3n) is 4.75. The van der Waals surface area contributed by atoms with Gasteiger partial charge in [0.15, 0.2) is 5.11 Å². The van der Waals surface area contributed by atoms with Gasteiger partial charge in [-0.05, 0) is 69.6 Å². The van der Waals surface area contributed by atoms with Gasteiger partial charge in [0.1, 0.15) is 11.5 Å². The number of rotatable bonds is 8. The van der Waals surface area contributed by atoms with E-state index in [1.807, 2.05) is 30.3 Å². The SMILES string of the molecule is COc1ccc(CC(=O)NNC(=S)NC(=O)c2ccc(OCCc3ccccc3)c(Br)c2)cc1. The highest BCUT2D eigenvalue weighted by Crippen LogP contribution is 2.26. The van der Waals surface area contributed by atoms with Crippen LogP contribution in [0, 0.1) is 0 Å². The molecular weight excluding hydrogens is 518 g/mol. The molecule has 0 aromatic heterocycles. The Kier molecular flexibility index (Phi) is 9.42. The number of halogens is 1. The van der Waals surface area contributed by atoms with Gasteiger partial charge in [0.05, 0.1) is 24.6 Å². The first kappa shape index (κ1) is 25.2. The first-order valence-electron chi connectivity index (χ1n) is 10.4. The highest BCUT2D eigenvalue weighted by molar-refractivity contribution is 9.10. The van der Waals surface area contributed by atoms with E-state index >= 15 is 0 Å². The Morgan fingerprint density at radius 2 is 1.68 bits per heavy atom. The molecule has 0 atom stereocenters. The van der Waals surface area contributed by atoms with Gasteiger partial charge in [-0.25, -0.2) is 0 Å². The lowest BCUT2D eigenvalue weighted by atomic mass is 10.1. The molecule has 3 aromatic carbocycles. The maximum absolute atomic E-state index is 12.5. The van der Waals surface area contributed by atoms with Gasteiger partial charge in [0.25, 0.3) is 5.91 Å². The maximum atomic E-state index is 12.5. The van der Waals surface area contributed by atoms with Crippen LogP contribution in [0.5, 0.6) is 11.5 Å². The van der Waals surface area contributed by atoms with Gasteiger partial charge >= 0.3 is 0 Å². The second kappa shape index (κ2) is 12.7. The summed E-state index contributed by atoms with van der Waals surface area (Å²) in [6.45, 7) is 0.512. The van der Waals surface area contributed by atoms with E-state index in [9.17, 15) is 9.59 Å². The minimum atomic E-state index is -0.418. The number of hydrazine groups is 1. The van der Waals surface area contributed by atoms with Crippen molar-refractivity contribution in [2.24, 2.45) is 0 Å². The predicted octanol–water partition coefficient (Wildman–Crippen LogP) is 3.96. The zero-order chi connectivity index (χ0) is 24.3. The van der Waals surface area contributed by atoms with Crippen LogP contribution in [0.2, 0.25) is 0 Å². The van der Waals surface area contributed by atoms with Crippen LogP contribution in [0.4, 0.5) is 0 Å². The molecule has 176 valence electrons. The van der Waals surface area contributed by atoms with Crippen LogP contribution in [-0.2, 0) is 17.6 Å². The Balaban J connectivity index is 1.43. The lowest BCUT2D eigenvalue weighted by Crippen LogP contribution is -2.48. The smallest absolute Gasteiger partial charge is 0.257 e. The van der Waals surface area contributed by atoms with E-state index in [4.69, 9.17) is 21.7 Å². The summed E-state index contributed by atoms with van der Waals surface area (Å²) >= 11 is 8.54. The number of ether oxygens (including phenoxy) is 2. The summed E-state index contributed by atoms with van der Waals surface area (Å²) in [6.07, 6.45) is 0.922. The molecule has 0 saturated carbocycles. The fourth-order valence-electron chi connectivity index (χ4n) is 2.99. The summed E-state index contributed by atoms with van der Waals surface area (Å²) in [5.74, 6) is 0.628. The number of hydrogen-bond donors (Lipinski definition) is 3. The van der Waals surface area contributed by atoms with Crippen molar-refractivity contribution in [3.8, 4) is 11.5 Å². The first-order valence-corrected chi connectivity index (χ1v) is 11.6. The minimum Gasteiger partial charge on any atom is -0.497 e. The van der Waals surface area contributed by atoms with E-state index < -0.39 is 5.91 Å². The molecule has 2 amide bonds. The number of nitrogens with one attached hydrogen (secondary N) is 3. The summed E-state index contributed by atoms with van der Waals surface area (Å²) in [4.78, 5) is 24.6. The van der Waals surface area contributed by atoms with Crippen LogP contribution in [0.25, 0.3) is 0 Å². The summed E-state index contributed by atoms with van der Waals surface area (Å²) < 4.78 is 11.6. The summed E-state index contributed by atoms with van der Waals surface area (Å²) in [5.41, 5.74) is 7.39. The second-order valence-electron chi connectivity index (χ2n) is 7.21. The molecule has 0 unspecified atom stereocenters. The van der Waals surface area contributed by atoms with Gasteiger partial charge in [0, 0.05) is 12.0 Å². The molecule has 0 heterocycles. The van der Waals surface area contributed by atoms with E-state index in [0.29, 0.717) is 28.1 Å². The molecule has 34 heavy (non-hydrogen) atoms. The van der Waals surface area contributed by atoms with Crippen molar-refractivity contribution in [1.29, 1.82) is 0 Å². The number of amides is 2. The molecule has 0 fully saturated rings. The molecule has 3 N–H and O–H groups in total. The van der Waals surface area contributed by atoms with Crippen molar-refractivity contribution in [2.45, 2.75) is 12.8 Å². The highest BCUT2D eigenvalue weighted by Gasteiger charge is 2.12. The summed E-state index contributed by atoms with van der Waals surface area (Å²) in [7, 11) is 1.58. The number of methoxy groups -OCH3 is 1. The number of carbonyl (C=O) groups excluding carboxylic acids is 2. The Labute approximate surface area is 211 Å². The van der Waals surface area contributed by atoms with Gasteiger partial charge < -0.3 is 9.47 Å². The zero-order valence-corrected chi connectivity index (χ0v) is 20.9. The van der Waals surface area contributed by atoms with Crippen molar-refractivity contribution in [3.63, 3.8) is 0 Å². The van der Waals surface area contributed by atoms with Gasteiger partial charge in [0.2, 0.25) is 5.91 Å². The molecule has 3 rings (SSSR count). The highest BCUT2D eigenvalue weighted by atomic mass is 79.9. The van der Waals surface area contributed by atoms with Crippen molar-refractivity contribution < 1.29 is 19.1 Å². The standard InChI is InChI=1S/C25H24BrN3O4S/c1-32-20-10-7-18(8-11-20)15-23(30)28-29-25(34)27-24(31)19-9-12-22(21(26)16-19)33-14-13-17-5-3-2-4-6-17/h2-12,16H,13-15H2,1H3,(H,28,30)(H2,27,29,31,34). The van der Waals surface area contributed by atoms with Crippen molar-refractivity contribution in [3.05, 3.63) is 94.0 Å². The second-order valence-corrected chi connectivity index (χ2v) is 8.47. The van der Waals surface area contributed by atoms with Gasteiger partial charge in [-0.3, -0.25) is 25.8 Å². The normalized spacial score (nSPS) is 10.2. The Hall–Kier alpha value is -3.43. The van der Waals surface area contributed by atoms with Crippen LogP contribution in [0.15, 0.2) is 77.3 Å². The number of thiocarbonyl (C=S) groups is 1. The molecular formula is C25H24BrN3O4S. The average Bonchev–Trinajstić information content (AvgIpc) is 2.85.